The summed E-state index contributed by atoms with van der Waals surface area (Å²) in [6.07, 6.45) is 1.99. The molecular weight excluding hydrogens is 368 g/mol. The topological polar surface area (TPSA) is 75.3 Å². The van der Waals surface area contributed by atoms with Gasteiger partial charge in [-0.25, -0.2) is 13.1 Å². The van der Waals surface area contributed by atoms with Crippen molar-refractivity contribution in [3.05, 3.63) is 53.6 Å². The monoisotopic (exact) mass is 384 g/mol. The highest BCUT2D eigenvalue weighted by Crippen LogP contribution is 2.19. The number of carbonyl (C=O) groups excluding carboxylic acids is 1. The van der Waals surface area contributed by atoms with Crippen LogP contribution >= 0.6 is 23.4 Å². The Kier molecular flexibility index (Phi) is 6.68. The van der Waals surface area contributed by atoms with Crippen LogP contribution in [0.2, 0.25) is 5.02 Å². The first-order chi connectivity index (χ1) is 11.4. The summed E-state index contributed by atoms with van der Waals surface area (Å²) in [5.41, 5.74) is 0.687. The summed E-state index contributed by atoms with van der Waals surface area (Å²) in [5.74, 6) is -0.257. The second-order valence-corrected chi connectivity index (χ2v) is 7.96. The molecule has 2 aromatic carbocycles. The summed E-state index contributed by atoms with van der Waals surface area (Å²) >= 11 is 7.31. The van der Waals surface area contributed by atoms with Gasteiger partial charge in [0.05, 0.1) is 4.90 Å². The van der Waals surface area contributed by atoms with Gasteiger partial charge in [0.15, 0.2) is 0 Å². The minimum absolute atomic E-state index is 0.0129. The van der Waals surface area contributed by atoms with Crippen LogP contribution < -0.4 is 10.0 Å². The fraction of sp³-hybridized carbons (Fsp3) is 0.188. The normalized spacial score (nSPS) is 11.2. The highest BCUT2D eigenvalue weighted by molar-refractivity contribution is 7.98. The number of nitrogens with one attached hydrogen (secondary N) is 2. The van der Waals surface area contributed by atoms with Crippen molar-refractivity contribution in [3.63, 3.8) is 0 Å². The zero-order chi connectivity index (χ0) is 17.6. The van der Waals surface area contributed by atoms with E-state index in [-0.39, 0.29) is 23.8 Å². The molecular formula is C16H17ClN2O3S2. The highest BCUT2D eigenvalue weighted by Gasteiger charge is 2.14. The molecule has 128 valence electrons. The molecule has 0 bridgehead atoms. The molecule has 2 aromatic rings. The fourth-order valence-corrected chi connectivity index (χ4v) is 3.54. The lowest BCUT2D eigenvalue weighted by Gasteiger charge is -2.08. The molecule has 5 nitrogen and oxygen atoms in total. The number of amides is 1. The molecule has 0 aromatic heterocycles. The first-order valence-corrected chi connectivity index (χ1v) is 10.2. The van der Waals surface area contributed by atoms with E-state index in [4.69, 9.17) is 11.6 Å². The van der Waals surface area contributed by atoms with Crippen molar-refractivity contribution in [2.75, 3.05) is 18.1 Å². The van der Waals surface area contributed by atoms with Crippen molar-refractivity contribution in [2.24, 2.45) is 0 Å². The van der Waals surface area contributed by atoms with Crippen LogP contribution in [-0.2, 0) is 14.8 Å². The minimum atomic E-state index is -3.65. The van der Waals surface area contributed by atoms with E-state index >= 15 is 0 Å². The predicted octanol–water partition coefficient (Wildman–Crippen LogP) is 3.37. The number of thioether (sulfide) groups is 1. The van der Waals surface area contributed by atoms with Crippen LogP contribution in [0.1, 0.15) is 6.42 Å². The Morgan fingerprint density at radius 3 is 2.54 bits per heavy atom. The van der Waals surface area contributed by atoms with Crippen LogP contribution in [0, 0.1) is 0 Å². The third-order valence-electron chi connectivity index (χ3n) is 3.12. The molecule has 2 rings (SSSR count). The summed E-state index contributed by atoms with van der Waals surface area (Å²) in [6, 6.07) is 13.3. The maximum Gasteiger partial charge on any atom is 0.240 e. The third-order valence-corrected chi connectivity index (χ3v) is 5.58. The van der Waals surface area contributed by atoms with Gasteiger partial charge < -0.3 is 5.32 Å². The van der Waals surface area contributed by atoms with Crippen LogP contribution in [-0.4, -0.2) is 27.1 Å². The zero-order valence-electron chi connectivity index (χ0n) is 13.0. The Morgan fingerprint density at radius 1 is 1.17 bits per heavy atom. The van der Waals surface area contributed by atoms with E-state index in [9.17, 15) is 13.2 Å². The summed E-state index contributed by atoms with van der Waals surface area (Å²) in [6.45, 7) is 0.0129. The molecule has 0 saturated heterocycles. The van der Waals surface area contributed by atoms with Gasteiger partial charge in [0.1, 0.15) is 0 Å². The standard InChI is InChI=1S/C16H17ClN2O3S2/c1-23-14-4-2-3-13(11-14)19-16(20)9-10-18-24(21,22)15-7-5-12(17)6-8-15/h2-8,11,18H,9-10H2,1H3,(H,19,20). The summed E-state index contributed by atoms with van der Waals surface area (Å²) in [4.78, 5) is 13.1. The molecule has 2 N–H and O–H groups in total. The summed E-state index contributed by atoms with van der Waals surface area (Å²) in [7, 11) is -3.65. The SMILES string of the molecule is CSc1cccc(NC(=O)CCNS(=O)(=O)c2ccc(Cl)cc2)c1. The van der Waals surface area contributed by atoms with E-state index in [1.54, 1.807) is 17.8 Å². The van der Waals surface area contributed by atoms with E-state index in [2.05, 4.69) is 10.0 Å². The number of anilines is 1. The first-order valence-electron chi connectivity index (χ1n) is 7.10. The number of rotatable bonds is 7. The first kappa shape index (κ1) is 18.8. The van der Waals surface area contributed by atoms with Gasteiger partial charge in [0.2, 0.25) is 15.9 Å². The largest absolute Gasteiger partial charge is 0.326 e. The molecule has 0 radical (unpaired) electrons. The third kappa shape index (κ3) is 5.52. The Labute approximate surface area is 150 Å². The number of carbonyl (C=O) groups is 1. The number of hydrogen-bond acceptors (Lipinski definition) is 4. The molecule has 0 fully saturated rings. The van der Waals surface area contributed by atoms with Gasteiger partial charge in [-0.3, -0.25) is 4.79 Å². The summed E-state index contributed by atoms with van der Waals surface area (Å²) < 4.78 is 26.6. The van der Waals surface area contributed by atoms with Crippen LogP contribution in [0.15, 0.2) is 58.3 Å². The Bertz CT molecular complexity index is 808. The van der Waals surface area contributed by atoms with Crippen LogP contribution in [0.25, 0.3) is 0 Å². The van der Waals surface area contributed by atoms with Gasteiger partial charge in [-0.2, -0.15) is 0 Å². The Hall–Kier alpha value is -1.54. The molecule has 24 heavy (non-hydrogen) atoms. The Balaban J connectivity index is 1.86. The van der Waals surface area contributed by atoms with Gasteiger partial charge in [0.25, 0.3) is 0 Å². The molecule has 0 aliphatic carbocycles. The van der Waals surface area contributed by atoms with Crippen molar-refractivity contribution in [1.29, 1.82) is 0 Å². The van der Waals surface area contributed by atoms with Crippen LogP contribution in [0.4, 0.5) is 5.69 Å². The highest BCUT2D eigenvalue weighted by atomic mass is 35.5. The smallest absolute Gasteiger partial charge is 0.240 e. The van der Waals surface area contributed by atoms with E-state index < -0.39 is 10.0 Å². The predicted molar refractivity (Wildman–Crippen MR) is 98.1 cm³/mol. The van der Waals surface area contributed by atoms with E-state index in [0.29, 0.717) is 10.7 Å². The van der Waals surface area contributed by atoms with E-state index in [0.717, 1.165) is 4.90 Å². The van der Waals surface area contributed by atoms with E-state index in [1.807, 2.05) is 24.5 Å². The molecule has 0 heterocycles. The van der Waals surface area contributed by atoms with Gasteiger partial charge in [-0.15, -0.1) is 11.8 Å². The molecule has 0 atom stereocenters. The van der Waals surface area contributed by atoms with Crippen molar-refractivity contribution in [3.8, 4) is 0 Å². The maximum atomic E-state index is 12.1. The number of halogens is 1. The molecule has 0 aliphatic rings. The average molecular weight is 385 g/mol. The molecule has 0 aliphatic heterocycles. The molecule has 0 saturated carbocycles. The second-order valence-electron chi connectivity index (χ2n) is 4.88. The maximum absolute atomic E-state index is 12.1. The van der Waals surface area contributed by atoms with E-state index in [1.165, 1.54) is 24.3 Å². The lowest BCUT2D eigenvalue weighted by molar-refractivity contribution is -0.116. The molecule has 1 amide bonds. The van der Waals surface area contributed by atoms with Crippen molar-refractivity contribution in [2.45, 2.75) is 16.2 Å². The summed E-state index contributed by atoms with van der Waals surface area (Å²) in [5, 5.41) is 3.20. The van der Waals surface area contributed by atoms with Crippen molar-refractivity contribution < 1.29 is 13.2 Å². The molecule has 0 unspecified atom stereocenters. The fourth-order valence-electron chi connectivity index (χ4n) is 1.92. The van der Waals surface area contributed by atoms with Gasteiger partial charge in [-0.1, -0.05) is 17.7 Å². The van der Waals surface area contributed by atoms with Crippen molar-refractivity contribution in [1.82, 2.24) is 4.72 Å². The molecule has 0 spiro atoms. The Morgan fingerprint density at radius 2 is 1.88 bits per heavy atom. The van der Waals surface area contributed by atoms with Crippen molar-refractivity contribution >= 4 is 45.0 Å². The average Bonchev–Trinajstić information content (AvgIpc) is 2.55. The lowest BCUT2D eigenvalue weighted by atomic mass is 10.3. The molecule has 8 heteroatoms. The number of sulfonamides is 1. The van der Waals surface area contributed by atoms with Gasteiger partial charge in [0, 0.05) is 28.6 Å². The second kappa shape index (κ2) is 8.53. The number of benzene rings is 2. The zero-order valence-corrected chi connectivity index (χ0v) is 15.3. The minimum Gasteiger partial charge on any atom is -0.326 e. The van der Waals surface area contributed by atoms with Crippen LogP contribution in [0.3, 0.4) is 0 Å². The van der Waals surface area contributed by atoms with Gasteiger partial charge >= 0.3 is 0 Å². The quantitative estimate of drug-likeness (QED) is 0.717. The number of hydrogen-bond donors (Lipinski definition) is 2. The lowest BCUT2D eigenvalue weighted by Crippen LogP contribution is -2.27. The van der Waals surface area contributed by atoms with Gasteiger partial charge in [-0.05, 0) is 48.7 Å². The van der Waals surface area contributed by atoms with Crippen LogP contribution in [0.5, 0.6) is 0 Å².